The quantitative estimate of drug-likeness (QED) is 0.530. The van der Waals surface area contributed by atoms with E-state index in [2.05, 4.69) is 10.4 Å². The van der Waals surface area contributed by atoms with Crippen molar-refractivity contribution >= 4 is 22.4 Å². The van der Waals surface area contributed by atoms with Gasteiger partial charge in [-0.15, -0.1) is 0 Å². The van der Waals surface area contributed by atoms with Crippen molar-refractivity contribution in [2.45, 2.75) is 40.7 Å². The van der Waals surface area contributed by atoms with E-state index in [4.69, 9.17) is 0 Å². The molecule has 0 bridgehead atoms. The summed E-state index contributed by atoms with van der Waals surface area (Å²) < 4.78 is 3.32. The van der Waals surface area contributed by atoms with Crippen molar-refractivity contribution in [3.8, 4) is 5.69 Å². The molecule has 0 aliphatic carbocycles. The van der Waals surface area contributed by atoms with Gasteiger partial charge in [-0.3, -0.25) is 9.59 Å². The van der Waals surface area contributed by atoms with Gasteiger partial charge in [0.1, 0.15) is 6.04 Å². The molecule has 0 spiro atoms. The maximum atomic E-state index is 13.3. The monoisotopic (exact) mass is 414 g/mol. The van der Waals surface area contributed by atoms with Crippen LogP contribution >= 0.6 is 0 Å². The number of hydrogen-bond acceptors (Lipinski definition) is 3. The van der Waals surface area contributed by atoms with E-state index in [1.807, 2.05) is 87.7 Å². The second-order valence-corrected chi connectivity index (χ2v) is 8.01. The fraction of sp³-hybridized carbons (Fsp3) is 0.240. The fourth-order valence-electron chi connectivity index (χ4n) is 4.22. The van der Waals surface area contributed by atoms with Gasteiger partial charge in [-0.05, 0) is 58.4 Å². The SMILES string of the molecule is Cc1ccc(NC(=O)[C@H](C)n2c(C)c3cnn(-c4ccccc4)c(=O)c3c2C)c(C)c1. The predicted octanol–water partition coefficient (Wildman–Crippen LogP) is 4.62. The minimum absolute atomic E-state index is 0.130. The first-order valence-electron chi connectivity index (χ1n) is 10.3. The number of fused-ring (bicyclic) bond motifs is 1. The summed E-state index contributed by atoms with van der Waals surface area (Å²) in [4.78, 5) is 26.3. The number of nitrogens with zero attached hydrogens (tertiary/aromatic N) is 3. The van der Waals surface area contributed by atoms with Crippen molar-refractivity contribution in [3.05, 3.63) is 87.6 Å². The Bertz CT molecular complexity index is 1350. The Morgan fingerprint density at radius 2 is 1.71 bits per heavy atom. The van der Waals surface area contributed by atoms with Crippen LogP contribution in [0, 0.1) is 27.7 Å². The van der Waals surface area contributed by atoms with Gasteiger partial charge >= 0.3 is 0 Å². The molecule has 0 saturated heterocycles. The third kappa shape index (κ3) is 3.54. The number of anilines is 1. The first kappa shape index (κ1) is 20.6. The van der Waals surface area contributed by atoms with Gasteiger partial charge < -0.3 is 9.88 Å². The van der Waals surface area contributed by atoms with Crippen molar-refractivity contribution < 1.29 is 4.79 Å². The van der Waals surface area contributed by atoms with Gasteiger partial charge in [0.2, 0.25) is 5.91 Å². The standard InChI is InChI=1S/C25H26N4O2/c1-15-11-12-22(16(2)13-15)27-24(30)19(5)28-17(3)21-14-26-29(20-9-7-6-8-10-20)25(31)23(21)18(28)4/h6-14,19H,1-5H3,(H,27,30)/t19-/m0/s1. The minimum atomic E-state index is -0.488. The van der Waals surface area contributed by atoms with Crippen molar-refractivity contribution in [2.24, 2.45) is 0 Å². The molecule has 0 radical (unpaired) electrons. The second kappa shape index (κ2) is 7.87. The van der Waals surface area contributed by atoms with E-state index in [-0.39, 0.29) is 11.5 Å². The van der Waals surface area contributed by atoms with E-state index >= 15 is 0 Å². The Kier molecular flexibility index (Phi) is 5.23. The lowest BCUT2D eigenvalue weighted by atomic mass is 10.1. The zero-order valence-corrected chi connectivity index (χ0v) is 18.4. The van der Waals surface area contributed by atoms with Gasteiger partial charge in [0.15, 0.2) is 0 Å². The molecule has 158 valence electrons. The highest BCUT2D eigenvalue weighted by Crippen LogP contribution is 2.27. The smallest absolute Gasteiger partial charge is 0.281 e. The van der Waals surface area contributed by atoms with Gasteiger partial charge in [-0.1, -0.05) is 35.9 Å². The predicted molar refractivity (Wildman–Crippen MR) is 124 cm³/mol. The first-order valence-corrected chi connectivity index (χ1v) is 10.3. The molecule has 2 aromatic carbocycles. The summed E-state index contributed by atoms with van der Waals surface area (Å²) >= 11 is 0. The lowest BCUT2D eigenvalue weighted by Crippen LogP contribution is -2.25. The Morgan fingerprint density at radius 1 is 1.00 bits per heavy atom. The lowest BCUT2D eigenvalue weighted by Gasteiger charge is -2.19. The third-order valence-electron chi connectivity index (χ3n) is 5.86. The van der Waals surface area contributed by atoms with Crippen molar-refractivity contribution in [3.63, 3.8) is 0 Å². The maximum absolute atomic E-state index is 13.3. The number of carbonyl (C=O) groups is 1. The van der Waals surface area contributed by atoms with Crippen LogP contribution in [0.4, 0.5) is 5.69 Å². The highest BCUT2D eigenvalue weighted by Gasteiger charge is 2.24. The number of aromatic nitrogens is 3. The summed E-state index contributed by atoms with van der Waals surface area (Å²) in [6.45, 7) is 9.65. The van der Waals surface area contributed by atoms with Crippen LogP contribution in [-0.2, 0) is 4.79 Å². The van der Waals surface area contributed by atoms with Crippen LogP contribution in [0.25, 0.3) is 16.5 Å². The number of rotatable bonds is 4. The number of aryl methyl sites for hydroxylation is 4. The van der Waals surface area contributed by atoms with Crippen LogP contribution in [-0.4, -0.2) is 20.3 Å². The highest BCUT2D eigenvalue weighted by atomic mass is 16.2. The molecule has 1 amide bonds. The van der Waals surface area contributed by atoms with E-state index in [1.165, 1.54) is 4.68 Å². The lowest BCUT2D eigenvalue weighted by molar-refractivity contribution is -0.118. The Labute approximate surface area is 181 Å². The maximum Gasteiger partial charge on any atom is 0.281 e. The van der Waals surface area contributed by atoms with E-state index in [1.54, 1.807) is 6.20 Å². The molecular weight excluding hydrogens is 388 g/mol. The highest BCUT2D eigenvalue weighted by molar-refractivity contribution is 5.95. The topological polar surface area (TPSA) is 68.9 Å². The molecule has 0 unspecified atom stereocenters. The van der Waals surface area contributed by atoms with E-state index in [0.29, 0.717) is 11.1 Å². The molecule has 4 aromatic rings. The number of amides is 1. The van der Waals surface area contributed by atoms with Crippen molar-refractivity contribution in [1.82, 2.24) is 14.3 Å². The van der Waals surface area contributed by atoms with Gasteiger partial charge in [0.05, 0.1) is 17.3 Å². The molecule has 1 atom stereocenters. The molecular formula is C25H26N4O2. The summed E-state index contributed by atoms with van der Waals surface area (Å²) in [6.07, 6.45) is 1.71. The van der Waals surface area contributed by atoms with Crippen LogP contribution < -0.4 is 10.9 Å². The molecule has 2 aromatic heterocycles. The van der Waals surface area contributed by atoms with Crippen LogP contribution in [0.15, 0.2) is 59.5 Å². The molecule has 0 aliphatic rings. The Balaban J connectivity index is 1.76. The van der Waals surface area contributed by atoms with E-state index in [0.717, 1.165) is 33.6 Å². The van der Waals surface area contributed by atoms with Crippen LogP contribution in [0.3, 0.4) is 0 Å². The number of hydrogen-bond donors (Lipinski definition) is 1. The molecule has 0 aliphatic heterocycles. The molecule has 6 heteroatoms. The fourth-order valence-corrected chi connectivity index (χ4v) is 4.22. The third-order valence-corrected chi connectivity index (χ3v) is 5.86. The van der Waals surface area contributed by atoms with E-state index < -0.39 is 6.04 Å². The number of para-hydroxylation sites is 1. The number of carbonyl (C=O) groups excluding carboxylic acids is 1. The summed E-state index contributed by atoms with van der Waals surface area (Å²) in [5.74, 6) is -0.130. The van der Waals surface area contributed by atoms with Gasteiger partial charge in [-0.2, -0.15) is 9.78 Å². The molecule has 31 heavy (non-hydrogen) atoms. The summed E-state index contributed by atoms with van der Waals surface area (Å²) in [5, 5.41) is 8.75. The Hall–Kier alpha value is -3.67. The summed E-state index contributed by atoms with van der Waals surface area (Å²) in [5.41, 5.74) is 5.08. The van der Waals surface area contributed by atoms with Crippen LogP contribution in [0.2, 0.25) is 0 Å². The largest absolute Gasteiger partial charge is 0.336 e. The molecule has 4 rings (SSSR count). The van der Waals surface area contributed by atoms with Gasteiger partial charge in [-0.25, -0.2) is 0 Å². The molecule has 1 N–H and O–H groups in total. The zero-order valence-electron chi connectivity index (χ0n) is 18.4. The Morgan fingerprint density at radius 3 is 2.39 bits per heavy atom. The summed E-state index contributed by atoms with van der Waals surface area (Å²) in [6, 6.07) is 14.8. The molecule has 0 saturated carbocycles. The normalized spacial score (nSPS) is 12.2. The van der Waals surface area contributed by atoms with Crippen molar-refractivity contribution in [2.75, 3.05) is 5.32 Å². The summed E-state index contributed by atoms with van der Waals surface area (Å²) in [7, 11) is 0. The van der Waals surface area contributed by atoms with E-state index in [9.17, 15) is 9.59 Å². The van der Waals surface area contributed by atoms with Gasteiger partial charge in [0.25, 0.3) is 5.56 Å². The minimum Gasteiger partial charge on any atom is -0.336 e. The van der Waals surface area contributed by atoms with Gasteiger partial charge in [0, 0.05) is 22.5 Å². The second-order valence-electron chi connectivity index (χ2n) is 8.01. The first-order chi connectivity index (χ1) is 14.8. The van der Waals surface area contributed by atoms with Crippen LogP contribution in [0.5, 0.6) is 0 Å². The number of nitrogens with one attached hydrogen (secondary N) is 1. The molecule has 0 fully saturated rings. The zero-order chi connectivity index (χ0) is 22.3. The number of benzene rings is 2. The average Bonchev–Trinajstić information content (AvgIpc) is 3.01. The molecule has 2 heterocycles. The van der Waals surface area contributed by atoms with Crippen LogP contribution in [0.1, 0.15) is 35.5 Å². The average molecular weight is 415 g/mol. The van der Waals surface area contributed by atoms with Crippen molar-refractivity contribution in [1.29, 1.82) is 0 Å². The molecule has 6 nitrogen and oxygen atoms in total.